The van der Waals surface area contributed by atoms with Gasteiger partial charge in [0.15, 0.2) is 0 Å². The Kier molecular flexibility index (Phi) is 3.60. The fourth-order valence-electron chi connectivity index (χ4n) is 3.44. The Morgan fingerprint density at radius 3 is 2.70 bits per heavy atom. The zero-order valence-corrected chi connectivity index (χ0v) is 12.9. The highest BCUT2D eigenvalue weighted by Gasteiger charge is 2.62. The van der Waals surface area contributed by atoms with E-state index in [0.717, 1.165) is 6.42 Å². The second-order valence-electron chi connectivity index (χ2n) is 6.05. The van der Waals surface area contributed by atoms with Crippen molar-refractivity contribution in [3.8, 4) is 0 Å². The summed E-state index contributed by atoms with van der Waals surface area (Å²) in [5, 5.41) is 2.04. The van der Waals surface area contributed by atoms with Gasteiger partial charge in [-0.25, -0.2) is 0 Å². The Morgan fingerprint density at radius 1 is 1.50 bits per heavy atom. The molecule has 0 bridgehead atoms. The first-order chi connectivity index (χ1) is 9.57. The van der Waals surface area contributed by atoms with Crippen LogP contribution in [-0.4, -0.2) is 42.6 Å². The van der Waals surface area contributed by atoms with Crippen molar-refractivity contribution in [3.05, 3.63) is 22.4 Å². The van der Waals surface area contributed by atoms with Gasteiger partial charge in [-0.1, -0.05) is 6.07 Å². The average Bonchev–Trinajstić information content (AvgIpc) is 2.89. The van der Waals surface area contributed by atoms with E-state index in [2.05, 4.69) is 6.07 Å². The molecule has 4 nitrogen and oxygen atoms in total. The number of amides is 1. The second-order valence-corrected chi connectivity index (χ2v) is 7.00. The minimum atomic E-state index is -0.348. The number of carbonyl (C=O) groups is 1. The van der Waals surface area contributed by atoms with Crippen molar-refractivity contribution in [1.82, 2.24) is 4.90 Å². The van der Waals surface area contributed by atoms with Gasteiger partial charge in [0.05, 0.1) is 17.6 Å². The van der Waals surface area contributed by atoms with Crippen LogP contribution in [-0.2, 0) is 14.9 Å². The molecule has 2 fully saturated rings. The van der Waals surface area contributed by atoms with Crippen molar-refractivity contribution in [1.29, 1.82) is 0 Å². The van der Waals surface area contributed by atoms with E-state index in [-0.39, 0.29) is 23.5 Å². The Bertz CT molecular complexity index is 480. The molecule has 1 aliphatic heterocycles. The van der Waals surface area contributed by atoms with Gasteiger partial charge in [-0.05, 0) is 44.2 Å². The largest absolute Gasteiger partial charge is 0.372 e. The molecule has 20 heavy (non-hydrogen) atoms. The molecule has 1 amide bonds. The summed E-state index contributed by atoms with van der Waals surface area (Å²) in [7, 11) is 0. The summed E-state index contributed by atoms with van der Waals surface area (Å²) in [6, 6.07) is 4.09. The first-order valence-electron chi connectivity index (χ1n) is 7.26. The van der Waals surface area contributed by atoms with E-state index < -0.39 is 0 Å². The predicted octanol–water partition coefficient (Wildman–Crippen LogP) is 1.60. The molecule has 1 aromatic rings. The minimum absolute atomic E-state index is 0.109. The summed E-state index contributed by atoms with van der Waals surface area (Å²) in [6.07, 6.45) is 1.11. The maximum Gasteiger partial charge on any atom is 0.234 e. The van der Waals surface area contributed by atoms with Crippen LogP contribution in [0.5, 0.6) is 0 Å². The number of ether oxygens (including phenoxy) is 1. The maximum absolute atomic E-state index is 13.1. The van der Waals surface area contributed by atoms with Crippen LogP contribution >= 0.6 is 11.3 Å². The van der Waals surface area contributed by atoms with E-state index in [4.69, 9.17) is 10.5 Å². The number of morpholine rings is 1. The lowest BCUT2D eigenvalue weighted by atomic mass is 9.98. The molecule has 2 N–H and O–H groups in total. The second kappa shape index (κ2) is 5.13. The quantitative estimate of drug-likeness (QED) is 0.921. The van der Waals surface area contributed by atoms with Crippen LogP contribution in [0.4, 0.5) is 0 Å². The first-order valence-corrected chi connectivity index (χ1v) is 8.14. The van der Waals surface area contributed by atoms with Crippen LogP contribution in [0.1, 0.15) is 25.1 Å². The monoisotopic (exact) mass is 294 g/mol. The number of rotatable bonds is 3. The third-order valence-electron chi connectivity index (χ3n) is 4.44. The van der Waals surface area contributed by atoms with Gasteiger partial charge in [0, 0.05) is 18.0 Å². The number of hydrogen-bond acceptors (Lipinski definition) is 4. The number of nitrogens with zero attached hydrogens (tertiary/aromatic N) is 1. The van der Waals surface area contributed by atoms with E-state index in [9.17, 15) is 4.79 Å². The van der Waals surface area contributed by atoms with Crippen LogP contribution in [0.25, 0.3) is 0 Å². The van der Waals surface area contributed by atoms with E-state index in [0.29, 0.717) is 25.6 Å². The molecule has 4 atom stereocenters. The van der Waals surface area contributed by atoms with Crippen molar-refractivity contribution >= 4 is 17.2 Å². The smallest absolute Gasteiger partial charge is 0.234 e. The van der Waals surface area contributed by atoms with Gasteiger partial charge in [0.1, 0.15) is 0 Å². The molecule has 0 aromatic carbocycles. The zero-order valence-electron chi connectivity index (χ0n) is 12.0. The molecule has 110 valence electrons. The normalized spacial score (nSPS) is 37.0. The number of hydrogen-bond donors (Lipinski definition) is 1. The Labute approximate surface area is 123 Å². The molecular weight excluding hydrogens is 272 g/mol. The van der Waals surface area contributed by atoms with E-state index >= 15 is 0 Å². The van der Waals surface area contributed by atoms with Crippen molar-refractivity contribution in [2.24, 2.45) is 11.7 Å². The number of carbonyl (C=O) groups excluding carboxylic acids is 1. The lowest BCUT2D eigenvalue weighted by Gasteiger charge is -2.37. The topological polar surface area (TPSA) is 55.6 Å². The molecule has 1 aromatic heterocycles. The molecule has 1 saturated heterocycles. The Hall–Kier alpha value is -0.910. The standard InChI is InChI=1S/C15H22N2O2S/c1-10-8-17(9-11(2)19-10)14(18)15(6-12(15)7-16)13-4-3-5-20-13/h3-5,10-12H,6-9,16H2,1-2H3/t10-,11+,12-,15+/m0/s1. The van der Waals surface area contributed by atoms with Crippen LogP contribution < -0.4 is 5.73 Å². The molecule has 3 rings (SSSR count). The summed E-state index contributed by atoms with van der Waals surface area (Å²) >= 11 is 1.67. The third-order valence-corrected chi connectivity index (χ3v) is 5.49. The first kappa shape index (κ1) is 14.0. The predicted molar refractivity (Wildman–Crippen MR) is 79.7 cm³/mol. The van der Waals surface area contributed by atoms with Crippen LogP contribution in [0, 0.1) is 5.92 Å². The molecule has 0 spiro atoms. The van der Waals surface area contributed by atoms with Gasteiger partial charge in [-0.2, -0.15) is 0 Å². The van der Waals surface area contributed by atoms with Gasteiger partial charge in [0.25, 0.3) is 0 Å². The summed E-state index contributed by atoms with van der Waals surface area (Å²) < 4.78 is 5.73. The number of thiophene rings is 1. The number of nitrogens with two attached hydrogens (primary N) is 1. The highest BCUT2D eigenvalue weighted by atomic mass is 32.1. The molecule has 5 heteroatoms. The maximum atomic E-state index is 13.1. The van der Waals surface area contributed by atoms with E-state index in [1.807, 2.05) is 30.2 Å². The molecule has 1 saturated carbocycles. The van der Waals surface area contributed by atoms with Gasteiger partial charge in [0.2, 0.25) is 5.91 Å². The fourth-order valence-corrected chi connectivity index (χ4v) is 4.45. The van der Waals surface area contributed by atoms with Gasteiger partial charge < -0.3 is 15.4 Å². The van der Waals surface area contributed by atoms with Crippen LogP contribution in [0.3, 0.4) is 0 Å². The van der Waals surface area contributed by atoms with Gasteiger partial charge >= 0.3 is 0 Å². The summed E-state index contributed by atoms with van der Waals surface area (Å²) in [5.41, 5.74) is 5.50. The third kappa shape index (κ3) is 2.18. The van der Waals surface area contributed by atoms with Crippen LogP contribution in [0.15, 0.2) is 17.5 Å². The van der Waals surface area contributed by atoms with E-state index in [1.54, 1.807) is 11.3 Å². The van der Waals surface area contributed by atoms with Crippen molar-refractivity contribution in [3.63, 3.8) is 0 Å². The van der Waals surface area contributed by atoms with Gasteiger partial charge in [-0.15, -0.1) is 11.3 Å². The Morgan fingerprint density at radius 2 is 2.20 bits per heavy atom. The summed E-state index contributed by atoms with van der Waals surface area (Å²) in [6.45, 7) is 6.02. The van der Waals surface area contributed by atoms with Crippen molar-refractivity contribution < 1.29 is 9.53 Å². The Balaban J connectivity index is 1.84. The molecular formula is C15H22N2O2S. The average molecular weight is 294 g/mol. The summed E-state index contributed by atoms with van der Waals surface area (Å²) in [5.74, 6) is 0.541. The lowest BCUT2D eigenvalue weighted by Crippen LogP contribution is -2.51. The lowest BCUT2D eigenvalue weighted by molar-refractivity contribution is -0.146. The summed E-state index contributed by atoms with van der Waals surface area (Å²) in [4.78, 5) is 16.2. The van der Waals surface area contributed by atoms with Crippen LogP contribution in [0.2, 0.25) is 0 Å². The van der Waals surface area contributed by atoms with Gasteiger partial charge in [-0.3, -0.25) is 4.79 Å². The highest BCUT2D eigenvalue weighted by Crippen LogP contribution is 2.56. The van der Waals surface area contributed by atoms with E-state index in [1.165, 1.54) is 4.88 Å². The molecule has 2 heterocycles. The fraction of sp³-hybridized carbons (Fsp3) is 0.667. The van der Waals surface area contributed by atoms with Crippen molar-refractivity contribution in [2.45, 2.75) is 37.9 Å². The molecule has 0 unspecified atom stereocenters. The molecule has 2 aliphatic rings. The molecule has 0 radical (unpaired) electrons. The zero-order chi connectivity index (χ0) is 14.3. The SMILES string of the molecule is C[C@@H]1CN(C(=O)[C@]2(c3cccs3)C[C@H]2CN)C[C@H](C)O1. The van der Waals surface area contributed by atoms with Crippen molar-refractivity contribution in [2.75, 3.05) is 19.6 Å². The molecule has 1 aliphatic carbocycles. The highest BCUT2D eigenvalue weighted by molar-refractivity contribution is 7.10. The minimum Gasteiger partial charge on any atom is -0.372 e.